The van der Waals surface area contributed by atoms with Crippen molar-refractivity contribution in [3.05, 3.63) is 0 Å². The molecule has 0 heterocycles. The van der Waals surface area contributed by atoms with E-state index in [0.717, 1.165) is 6.42 Å². The third-order valence-electron chi connectivity index (χ3n) is 2.84. The number of nitrogens with zero attached hydrogens (tertiary/aromatic N) is 3. The molecule has 6 nitrogen and oxygen atoms in total. The Hall–Kier alpha value is -1.20. The van der Waals surface area contributed by atoms with E-state index < -0.39 is 0 Å². The van der Waals surface area contributed by atoms with Crippen molar-refractivity contribution in [2.75, 3.05) is 6.54 Å². The van der Waals surface area contributed by atoms with E-state index >= 15 is 0 Å². The maximum Gasteiger partial charge on any atom is 0.0796 e. The third-order valence-corrected chi connectivity index (χ3v) is 2.84. The fourth-order valence-corrected chi connectivity index (χ4v) is 1.82. The van der Waals surface area contributed by atoms with E-state index in [1.54, 1.807) is 0 Å². The minimum absolute atomic E-state index is 0.0572. The van der Waals surface area contributed by atoms with E-state index in [-0.39, 0.29) is 23.9 Å². The second-order valence-electron chi connectivity index (χ2n) is 3.90. The molecule has 3 N–H and O–H groups in total. The summed E-state index contributed by atoms with van der Waals surface area (Å²) >= 11 is 0. The number of hydrogen-bond donors (Lipinski definition) is 3. The van der Waals surface area contributed by atoms with Gasteiger partial charge in [-0.3, -0.25) is 0 Å². The molecular weight excluding hydrogens is 192 g/mol. The summed E-state index contributed by atoms with van der Waals surface area (Å²) in [4.78, 5) is 0. The zero-order chi connectivity index (χ0) is 11.8. The molecule has 0 aliphatic carbocycles. The highest BCUT2D eigenvalue weighted by molar-refractivity contribution is 4.84. The van der Waals surface area contributed by atoms with Crippen molar-refractivity contribution in [1.29, 1.82) is 16.6 Å². The smallest absolute Gasteiger partial charge is 0.0796 e. The van der Waals surface area contributed by atoms with Crippen LogP contribution in [-0.4, -0.2) is 18.6 Å². The van der Waals surface area contributed by atoms with Gasteiger partial charge in [-0.2, -0.15) is 15.3 Å². The predicted molar refractivity (Wildman–Crippen MR) is 56.5 cm³/mol. The van der Waals surface area contributed by atoms with E-state index in [1.807, 2.05) is 20.8 Å². The number of rotatable bonds is 8. The minimum atomic E-state index is -0.196. The van der Waals surface area contributed by atoms with Crippen LogP contribution >= 0.6 is 0 Å². The van der Waals surface area contributed by atoms with Gasteiger partial charge in [-0.15, -0.1) is 0 Å². The van der Waals surface area contributed by atoms with Crippen LogP contribution in [0.3, 0.4) is 0 Å². The molecule has 0 spiro atoms. The van der Waals surface area contributed by atoms with Crippen molar-refractivity contribution in [1.82, 2.24) is 0 Å². The molecular formula is C9H20N6. The van der Waals surface area contributed by atoms with Crippen LogP contribution < -0.4 is 0 Å². The first-order chi connectivity index (χ1) is 7.12. The zero-order valence-corrected chi connectivity index (χ0v) is 9.57. The second-order valence-corrected chi connectivity index (χ2v) is 3.90. The van der Waals surface area contributed by atoms with Crippen LogP contribution in [0.1, 0.15) is 27.2 Å². The Balaban J connectivity index is 4.56. The molecule has 0 amide bonds. The Morgan fingerprint density at radius 1 is 1.07 bits per heavy atom. The Labute approximate surface area is 90.4 Å². The standard InChI is InChI=1S/C9H20N6/c1-4-8(14-11)7(3)9(15-12)6(2)5-13-10/h6-12H,4-5H2,1-3H3. The van der Waals surface area contributed by atoms with E-state index in [1.165, 1.54) is 0 Å². The third kappa shape index (κ3) is 3.81. The molecule has 0 aromatic rings. The number of nitrogens with one attached hydrogen (secondary N) is 3. The van der Waals surface area contributed by atoms with Gasteiger partial charge >= 0.3 is 0 Å². The molecule has 0 saturated carbocycles. The van der Waals surface area contributed by atoms with Gasteiger partial charge in [0, 0.05) is 11.8 Å². The van der Waals surface area contributed by atoms with E-state index in [9.17, 15) is 0 Å². The van der Waals surface area contributed by atoms with Crippen LogP contribution in [0.15, 0.2) is 15.3 Å². The van der Waals surface area contributed by atoms with Crippen LogP contribution in [0.4, 0.5) is 0 Å². The summed E-state index contributed by atoms with van der Waals surface area (Å²) in [7, 11) is 0. The number of hydrogen-bond acceptors (Lipinski definition) is 6. The summed E-state index contributed by atoms with van der Waals surface area (Å²) in [6.45, 7) is 6.23. The topological polar surface area (TPSA) is 109 Å². The van der Waals surface area contributed by atoms with Gasteiger partial charge in [0.15, 0.2) is 0 Å². The predicted octanol–water partition coefficient (Wildman–Crippen LogP) is 3.50. The van der Waals surface area contributed by atoms with Gasteiger partial charge in [-0.05, 0) is 6.42 Å². The lowest BCUT2D eigenvalue weighted by molar-refractivity contribution is 0.282. The quantitative estimate of drug-likeness (QED) is 0.512. The lowest BCUT2D eigenvalue weighted by Crippen LogP contribution is -2.32. The van der Waals surface area contributed by atoms with Crippen LogP contribution in [0.5, 0.6) is 0 Å². The summed E-state index contributed by atoms with van der Waals surface area (Å²) in [6.07, 6.45) is 0.779. The average Bonchev–Trinajstić information content (AvgIpc) is 2.21. The summed E-state index contributed by atoms with van der Waals surface area (Å²) < 4.78 is 0. The minimum Gasteiger partial charge on any atom is -0.210 e. The van der Waals surface area contributed by atoms with Crippen LogP contribution in [0, 0.1) is 28.4 Å². The van der Waals surface area contributed by atoms with Crippen molar-refractivity contribution >= 4 is 0 Å². The second kappa shape index (κ2) is 7.14. The summed E-state index contributed by atoms with van der Waals surface area (Å²) in [5.74, 6) is 0.118. The first-order valence-corrected chi connectivity index (χ1v) is 5.18. The molecule has 4 unspecified atom stereocenters. The Kier molecular flexibility index (Phi) is 6.57. The van der Waals surface area contributed by atoms with Gasteiger partial charge in [-0.25, -0.2) is 16.6 Å². The van der Waals surface area contributed by atoms with E-state index in [2.05, 4.69) is 15.3 Å². The van der Waals surface area contributed by atoms with Gasteiger partial charge in [0.2, 0.25) is 0 Å². The molecule has 0 aliphatic rings. The fraction of sp³-hybridized carbons (Fsp3) is 1.00. The Morgan fingerprint density at radius 3 is 2.00 bits per heavy atom. The van der Waals surface area contributed by atoms with Crippen molar-refractivity contribution in [2.45, 2.75) is 39.3 Å². The monoisotopic (exact) mass is 212 g/mol. The van der Waals surface area contributed by atoms with Crippen LogP contribution in [-0.2, 0) is 0 Å². The Bertz CT molecular complexity index is 217. The summed E-state index contributed by atoms with van der Waals surface area (Å²) in [6, 6.07) is -0.282. The lowest BCUT2D eigenvalue weighted by atomic mass is 9.85. The van der Waals surface area contributed by atoms with Gasteiger partial charge in [-0.1, -0.05) is 20.8 Å². The van der Waals surface area contributed by atoms with Gasteiger partial charge in [0.25, 0.3) is 0 Å². The molecule has 0 radical (unpaired) electrons. The van der Waals surface area contributed by atoms with E-state index in [4.69, 9.17) is 16.6 Å². The molecule has 0 aromatic carbocycles. The van der Waals surface area contributed by atoms with Crippen molar-refractivity contribution in [3.63, 3.8) is 0 Å². The first-order valence-electron chi connectivity index (χ1n) is 5.18. The highest BCUT2D eigenvalue weighted by Crippen LogP contribution is 2.23. The Morgan fingerprint density at radius 2 is 1.67 bits per heavy atom. The normalized spacial score (nSPS) is 18.6. The van der Waals surface area contributed by atoms with Crippen molar-refractivity contribution in [3.8, 4) is 0 Å². The van der Waals surface area contributed by atoms with E-state index in [0.29, 0.717) is 6.54 Å². The summed E-state index contributed by atoms with van der Waals surface area (Å²) in [5, 5.41) is 10.5. The van der Waals surface area contributed by atoms with Crippen molar-refractivity contribution in [2.24, 2.45) is 27.2 Å². The highest BCUT2D eigenvalue weighted by Gasteiger charge is 2.28. The van der Waals surface area contributed by atoms with Crippen molar-refractivity contribution < 1.29 is 0 Å². The summed E-state index contributed by atoms with van der Waals surface area (Å²) in [5.41, 5.74) is 21.0. The van der Waals surface area contributed by atoms with Gasteiger partial charge in [0.1, 0.15) is 0 Å². The first kappa shape index (κ1) is 13.8. The molecule has 0 bridgehead atoms. The molecule has 86 valence electrons. The maximum absolute atomic E-state index is 7.16. The van der Waals surface area contributed by atoms with Crippen LogP contribution in [0.2, 0.25) is 0 Å². The molecule has 0 rings (SSSR count). The molecule has 0 saturated heterocycles. The zero-order valence-electron chi connectivity index (χ0n) is 9.57. The van der Waals surface area contributed by atoms with Crippen LogP contribution in [0.25, 0.3) is 0 Å². The van der Waals surface area contributed by atoms with Gasteiger partial charge in [0.05, 0.1) is 18.6 Å². The molecule has 0 fully saturated rings. The molecule has 4 atom stereocenters. The SMILES string of the molecule is CCC(N=N)C(C)C(N=N)C(C)CN=N. The molecule has 6 heteroatoms. The molecule has 0 aromatic heterocycles. The maximum atomic E-state index is 7.16. The highest BCUT2D eigenvalue weighted by atomic mass is 15.0. The molecule has 15 heavy (non-hydrogen) atoms. The van der Waals surface area contributed by atoms with Gasteiger partial charge < -0.3 is 0 Å². The lowest BCUT2D eigenvalue weighted by Gasteiger charge is -2.26. The largest absolute Gasteiger partial charge is 0.210 e. The average molecular weight is 212 g/mol. The fourth-order valence-electron chi connectivity index (χ4n) is 1.82. The molecule has 0 aliphatic heterocycles.